The van der Waals surface area contributed by atoms with E-state index < -0.39 is 0 Å². The number of hydrogen-bond donors (Lipinski definition) is 2. The van der Waals surface area contributed by atoms with Crippen LogP contribution in [0.4, 0.5) is 0 Å². The number of nitrogens with one attached hydrogen (secondary N) is 2. The molecule has 5 heteroatoms. The van der Waals surface area contributed by atoms with Gasteiger partial charge in [0.1, 0.15) is 0 Å². The van der Waals surface area contributed by atoms with Crippen molar-refractivity contribution >= 4 is 17.7 Å². The average Bonchev–Trinajstić information content (AvgIpc) is 2.81. The van der Waals surface area contributed by atoms with Gasteiger partial charge >= 0.3 is 0 Å². The Kier molecular flexibility index (Phi) is 4.29. The highest BCUT2D eigenvalue weighted by molar-refractivity contribution is 7.99. The Hall–Kier alpha value is -0.260. The van der Waals surface area contributed by atoms with Crippen LogP contribution in [-0.2, 0) is 9.53 Å². The minimum Gasteiger partial charge on any atom is -0.376 e. The smallest absolute Gasteiger partial charge is 0.238 e. The van der Waals surface area contributed by atoms with Crippen molar-refractivity contribution < 1.29 is 9.53 Å². The van der Waals surface area contributed by atoms with Crippen LogP contribution in [0.3, 0.4) is 0 Å². The minimum atomic E-state index is -0.00131. The van der Waals surface area contributed by atoms with E-state index in [0.29, 0.717) is 6.54 Å². The summed E-state index contributed by atoms with van der Waals surface area (Å²) < 4.78 is 5.55. The number of rotatable bonds is 3. The fraction of sp³-hybridized carbons (Fsp3) is 0.900. The van der Waals surface area contributed by atoms with Gasteiger partial charge in [-0.05, 0) is 19.3 Å². The lowest BCUT2D eigenvalue weighted by molar-refractivity contribution is -0.123. The highest BCUT2D eigenvalue weighted by Gasteiger charge is 2.23. The zero-order valence-corrected chi connectivity index (χ0v) is 9.65. The molecular formula is C10H18N2O2S. The molecular weight excluding hydrogens is 212 g/mol. The topological polar surface area (TPSA) is 50.4 Å². The van der Waals surface area contributed by atoms with Crippen LogP contribution in [0.5, 0.6) is 0 Å². The molecule has 1 amide bonds. The van der Waals surface area contributed by atoms with Crippen molar-refractivity contribution in [2.75, 3.05) is 24.8 Å². The Morgan fingerprint density at radius 1 is 1.53 bits per heavy atom. The van der Waals surface area contributed by atoms with Crippen molar-refractivity contribution in [3.63, 3.8) is 0 Å². The molecule has 2 aliphatic heterocycles. The van der Waals surface area contributed by atoms with Crippen LogP contribution in [0.15, 0.2) is 0 Å². The maximum absolute atomic E-state index is 11.6. The second kappa shape index (κ2) is 5.72. The van der Waals surface area contributed by atoms with Gasteiger partial charge in [-0.15, -0.1) is 11.8 Å². The molecule has 0 saturated carbocycles. The SMILES string of the molecule is O=C(NC[C@@H]1CCCCO1)[C@@H]1CSCN1. The Morgan fingerprint density at radius 3 is 3.13 bits per heavy atom. The van der Waals surface area contributed by atoms with Crippen LogP contribution >= 0.6 is 11.8 Å². The summed E-state index contributed by atoms with van der Waals surface area (Å²) in [5.74, 6) is 1.89. The van der Waals surface area contributed by atoms with Gasteiger partial charge in [0, 0.05) is 24.8 Å². The molecule has 0 aromatic heterocycles. The summed E-state index contributed by atoms with van der Waals surface area (Å²) in [5, 5.41) is 6.11. The molecule has 2 fully saturated rings. The summed E-state index contributed by atoms with van der Waals surface area (Å²) in [4.78, 5) is 11.6. The number of amides is 1. The lowest BCUT2D eigenvalue weighted by Gasteiger charge is -2.23. The van der Waals surface area contributed by atoms with Crippen molar-refractivity contribution in [2.24, 2.45) is 0 Å². The summed E-state index contributed by atoms with van der Waals surface area (Å²) in [6.45, 7) is 1.51. The molecule has 2 rings (SSSR count). The third kappa shape index (κ3) is 3.36. The molecule has 0 aromatic carbocycles. The van der Waals surface area contributed by atoms with E-state index in [4.69, 9.17) is 4.74 Å². The molecule has 0 aliphatic carbocycles. The normalized spacial score (nSPS) is 31.5. The maximum atomic E-state index is 11.6. The van der Waals surface area contributed by atoms with Gasteiger partial charge in [-0.2, -0.15) is 0 Å². The van der Waals surface area contributed by atoms with Gasteiger partial charge in [-0.1, -0.05) is 0 Å². The molecule has 2 N–H and O–H groups in total. The van der Waals surface area contributed by atoms with E-state index in [1.807, 2.05) is 0 Å². The second-order valence-corrected chi connectivity index (χ2v) is 5.04. The average molecular weight is 230 g/mol. The summed E-state index contributed by atoms with van der Waals surface area (Å²) >= 11 is 1.77. The maximum Gasteiger partial charge on any atom is 0.238 e. The fourth-order valence-electron chi connectivity index (χ4n) is 1.87. The molecule has 2 saturated heterocycles. The summed E-state index contributed by atoms with van der Waals surface area (Å²) in [6.07, 6.45) is 3.69. The van der Waals surface area contributed by atoms with Crippen LogP contribution < -0.4 is 10.6 Å². The zero-order chi connectivity index (χ0) is 10.5. The number of carbonyl (C=O) groups is 1. The van der Waals surface area contributed by atoms with Crippen molar-refractivity contribution in [3.8, 4) is 0 Å². The number of thioether (sulfide) groups is 1. The fourth-order valence-corrected chi connectivity index (χ4v) is 2.81. The van der Waals surface area contributed by atoms with E-state index in [1.54, 1.807) is 11.8 Å². The van der Waals surface area contributed by atoms with Crippen molar-refractivity contribution in [1.82, 2.24) is 10.6 Å². The van der Waals surface area contributed by atoms with Crippen LogP contribution in [-0.4, -0.2) is 42.8 Å². The predicted molar refractivity (Wildman–Crippen MR) is 60.8 cm³/mol. The van der Waals surface area contributed by atoms with E-state index in [1.165, 1.54) is 6.42 Å². The van der Waals surface area contributed by atoms with Gasteiger partial charge in [0.25, 0.3) is 0 Å². The first-order chi connectivity index (χ1) is 7.36. The summed E-state index contributed by atoms with van der Waals surface area (Å²) in [5.41, 5.74) is 0. The van der Waals surface area contributed by atoms with E-state index >= 15 is 0 Å². The first kappa shape index (κ1) is 11.2. The van der Waals surface area contributed by atoms with Gasteiger partial charge < -0.3 is 10.1 Å². The quantitative estimate of drug-likeness (QED) is 0.734. The molecule has 0 radical (unpaired) electrons. The zero-order valence-electron chi connectivity index (χ0n) is 8.83. The standard InChI is InChI=1S/C10H18N2O2S/c13-10(9-6-15-7-12-9)11-5-8-3-1-2-4-14-8/h8-9,12H,1-7H2,(H,11,13)/t8-,9-/m0/s1. The minimum absolute atomic E-state index is 0.00131. The van der Waals surface area contributed by atoms with Crippen LogP contribution in [0.2, 0.25) is 0 Å². The van der Waals surface area contributed by atoms with Gasteiger partial charge in [0.15, 0.2) is 0 Å². The Labute approximate surface area is 94.5 Å². The van der Waals surface area contributed by atoms with Crippen LogP contribution in [0.25, 0.3) is 0 Å². The highest BCUT2D eigenvalue weighted by Crippen LogP contribution is 2.12. The largest absolute Gasteiger partial charge is 0.376 e. The van der Waals surface area contributed by atoms with Gasteiger partial charge in [0.2, 0.25) is 5.91 Å². The van der Waals surface area contributed by atoms with E-state index in [0.717, 1.165) is 31.1 Å². The molecule has 2 aliphatic rings. The molecule has 2 heterocycles. The van der Waals surface area contributed by atoms with E-state index in [-0.39, 0.29) is 18.1 Å². The monoisotopic (exact) mass is 230 g/mol. The number of hydrogen-bond acceptors (Lipinski definition) is 4. The first-order valence-electron chi connectivity index (χ1n) is 5.57. The number of carbonyl (C=O) groups excluding carboxylic acids is 1. The van der Waals surface area contributed by atoms with Crippen molar-refractivity contribution in [2.45, 2.75) is 31.4 Å². The number of ether oxygens (including phenoxy) is 1. The summed E-state index contributed by atoms with van der Waals surface area (Å²) in [7, 11) is 0. The molecule has 0 spiro atoms. The van der Waals surface area contributed by atoms with Crippen molar-refractivity contribution in [1.29, 1.82) is 0 Å². The van der Waals surface area contributed by atoms with Crippen molar-refractivity contribution in [3.05, 3.63) is 0 Å². The molecule has 4 nitrogen and oxygen atoms in total. The molecule has 86 valence electrons. The lowest BCUT2D eigenvalue weighted by Crippen LogP contribution is -2.45. The van der Waals surface area contributed by atoms with Crippen LogP contribution in [0.1, 0.15) is 19.3 Å². The lowest BCUT2D eigenvalue weighted by atomic mass is 10.1. The molecule has 15 heavy (non-hydrogen) atoms. The highest BCUT2D eigenvalue weighted by atomic mass is 32.2. The molecule has 0 bridgehead atoms. The first-order valence-corrected chi connectivity index (χ1v) is 6.72. The van der Waals surface area contributed by atoms with Gasteiger partial charge in [-0.25, -0.2) is 0 Å². The van der Waals surface area contributed by atoms with Gasteiger partial charge in [0.05, 0.1) is 12.1 Å². The van der Waals surface area contributed by atoms with E-state index in [9.17, 15) is 4.79 Å². The molecule has 0 aromatic rings. The predicted octanol–water partition coefficient (Wildman–Crippen LogP) is 0.334. The third-order valence-electron chi connectivity index (χ3n) is 2.81. The van der Waals surface area contributed by atoms with Gasteiger partial charge in [-0.3, -0.25) is 10.1 Å². The Balaban J connectivity index is 1.65. The Morgan fingerprint density at radius 2 is 2.47 bits per heavy atom. The Bertz CT molecular complexity index is 213. The van der Waals surface area contributed by atoms with E-state index in [2.05, 4.69) is 10.6 Å². The second-order valence-electron chi connectivity index (χ2n) is 4.01. The molecule has 0 unspecified atom stereocenters. The molecule has 2 atom stereocenters. The summed E-state index contributed by atoms with van der Waals surface area (Å²) in [6, 6.07) is -0.00131. The van der Waals surface area contributed by atoms with Crippen LogP contribution in [0, 0.1) is 0 Å². The third-order valence-corrected chi connectivity index (χ3v) is 3.75.